The van der Waals surface area contributed by atoms with E-state index in [1.54, 1.807) is 0 Å². The van der Waals surface area contributed by atoms with Gasteiger partial charge in [-0.25, -0.2) is 0 Å². The van der Waals surface area contributed by atoms with Crippen molar-refractivity contribution in [2.75, 3.05) is 0 Å². The zero-order valence-corrected chi connectivity index (χ0v) is 7.84. The topological polar surface area (TPSA) is 26.3 Å². The molecule has 0 aliphatic carbocycles. The molecule has 0 spiro atoms. The summed E-state index contributed by atoms with van der Waals surface area (Å²) in [5.41, 5.74) is -0.410. The Kier molecular flexibility index (Phi) is 1.61. The molecule has 66 valence electrons. The van der Waals surface area contributed by atoms with Gasteiger partial charge in [-0.05, 0) is 6.92 Å². The largest absolute Gasteiger partial charge is 0.361 e. The molecule has 2 rings (SSSR count). The average Bonchev–Trinajstić information content (AvgIpc) is 2.41. The Labute approximate surface area is 76.5 Å². The number of carbonyl (C=O) groups is 1. The van der Waals surface area contributed by atoms with Crippen LogP contribution in [0, 0.1) is 5.92 Å². The molecule has 0 aromatic heterocycles. The summed E-state index contributed by atoms with van der Waals surface area (Å²) in [4.78, 5) is 11.5. The highest BCUT2D eigenvalue weighted by molar-refractivity contribution is 6.32. The van der Waals surface area contributed by atoms with Crippen LogP contribution in [0.2, 0.25) is 0 Å². The second kappa shape index (κ2) is 2.33. The number of rotatable bonds is 0. The van der Waals surface area contributed by atoms with E-state index in [4.69, 9.17) is 16.3 Å². The van der Waals surface area contributed by atoms with Gasteiger partial charge in [-0.3, -0.25) is 4.79 Å². The lowest BCUT2D eigenvalue weighted by Gasteiger charge is -2.37. The third kappa shape index (κ3) is 0.882. The molecule has 2 aliphatic heterocycles. The highest BCUT2D eigenvalue weighted by Crippen LogP contribution is 2.39. The molecule has 0 saturated carbocycles. The van der Waals surface area contributed by atoms with Gasteiger partial charge in [0.05, 0.1) is 5.60 Å². The van der Waals surface area contributed by atoms with Crippen molar-refractivity contribution in [3.8, 4) is 0 Å². The van der Waals surface area contributed by atoms with Crippen molar-refractivity contribution in [3.05, 3.63) is 12.2 Å². The van der Waals surface area contributed by atoms with Gasteiger partial charge in [-0.2, -0.15) is 0 Å². The smallest absolute Gasteiger partial charge is 0.159 e. The van der Waals surface area contributed by atoms with Crippen LogP contribution < -0.4 is 0 Å². The average molecular weight is 187 g/mol. The monoisotopic (exact) mass is 186 g/mol. The van der Waals surface area contributed by atoms with Gasteiger partial charge in [0.15, 0.2) is 5.78 Å². The van der Waals surface area contributed by atoms with Gasteiger partial charge in [0.25, 0.3) is 0 Å². The molecule has 3 heteroatoms. The number of hydrogen-bond donors (Lipinski definition) is 0. The van der Waals surface area contributed by atoms with Gasteiger partial charge in [0, 0.05) is 5.92 Å². The van der Waals surface area contributed by atoms with Gasteiger partial charge in [-0.15, -0.1) is 11.6 Å². The number of carbonyl (C=O) groups excluding carboxylic acids is 1. The van der Waals surface area contributed by atoms with Crippen molar-refractivity contribution in [3.63, 3.8) is 0 Å². The summed E-state index contributed by atoms with van der Waals surface area (Å²) in [6, 6.07) is 0. The molecule has 2 heterocycles. The quantitative estimate of drug-likeness (QED) is 0.424. The van der Waals surface area contributed by atoms with Gasteiger partial charge in [-0.1, -0.05) is 19.1 Å². The van der Waals surface area contributed by atoms with E-state index in [-0.39, 0.29) is 17.8 Å². The molecular weight excluding hydrogens is 176 g/mol. The maximum absolute atomic E-state index is 11.5. The van der Waals surface area contributed by atoms with E-state index in [2.05, 4.69) is 0 Å². The molecular formula is C9H11ClO2. The molecule has 0 aromatic carbocycles. The van der Waals surface area contributed by atoms with Gasteiger partial charge in [0.1, 0.15) is 11.5 Å². The van der Waals surface area contributed by atoms with Crippen LogP contribution in [0.1, 0.15) is 13.8 Å². The van der Waals surface area contributed by atoms with Crippen LogP contribution >= 0.6 is 11.6 Å². The fraction of sp³-hybridized carbons (Fsp3) is 0.667. The summed E-state index contributed by atoms with van der Waals surface area (Å²) in [6.45, 7) is 3.79. The number of halogens is 1. The molecule has 2 aliphatic rings. The first kappa shape index (κ1) is 8.27. The van der Waals surface area contributed by atoms with E-state index >= 15 is 0 Å². The molecule has 0 unspecified atom stereocenters. The SMILES string of the molecule is C[C@@H]1C(=O)[C@H](Cl)[C@@H]2C=C[C@@]1(C)O2. The molecule has 4 atom stereocenters. The summed E-state index contributed by atoms with van der Waals surface area (Å²) in [7, 11) is 0. The lowest BCUT2D eigenvalue weighted by molar-refractivity contribution is -0.144. The lowest BCUT2D eigenvalue weighted by atomic mass is 9.85. The van der Waals surface area contributed by atoms with Crippen LogP contribution in [0.25, 0.3) is 0 Å². The third-order valence-corrected chi connectivity index (χ3v) is 3.32. The number of ketones is 1. The van der Waals surface area contributed by atoms with E-state index in [0.717, 1.165) is 0 Å². The summed E-state index contributed by atoms with van der Waals surface area (Å²) in [5, 5.41) is -0.494. The van der Waals surface area contributed by atoms with Crippen molar-refractivity contribution in [1.29, 1.82) is 0 Å². The molecule has 0 amide bonds. The van der Waals surface area contributed by atoms with E-state index in [9.17, 15) is 4.79 Å². The van der Waals surface area contributed by atoms with Crippen LogP contribution in [0.4, 0.5) is 0 Å². The number of alkyl halides is 1. The second-order valence-electron chi connectivity index (χ2n) is 3.65. The van der Waals surface area contributed by atoms with E-state index in [1.807, 2.05) is 26.0 Å². The molecule has 0 N–H and O–H groups in total. The second-order valence-corrected chi connectivity index (χ2v) is 4.12. The number of ether oxygens (including phenoxy) is 1. The van der Waals surface area contributed by atoms with Crippen LogP contribution in [0.5, 0.6) is 0 Å². The van der Waals surface area contributed by atoms with Crippen molar-refractivity contribution in [1.82, 2.24) is 0 Å². The first-order valence-corrected chi connectivity index (χ1v) is 4.53. The standard InChI is InChI=1S/C9H11ClO2/c1-5-8(11)7(10)6-3-4-9(5,2)12-6/h3-7H,1-2H3/t5-,6+,7-,9-/m1/s1. The Morgan fingerprint density at radius 3 is 3.00 bits per heavy atom. The minimum Gasteiger partial charge on any atom is -0.361 e. The summed E-state index contributed by atoms with van der Waals surface area (Å²) >= 11 is 5.89. The number of fused-ring (bicyclic) bond motifs is 2. The van der Waals surface area contributed by atoms with Crippen LogP contribution in [-0.4, -0.2) is 22.9 Å². The summed E-state index contributed by atoms with van der Waals surface area (Å²) in [5.74, 6) is -0.0320. The van der Waals surface area contributed by atoms with Crippen LogP contribution in [0.15, 0.2) is 12.2 Å². The lowest BCUT2D eigenvalue weighted by Crippen LogP contribution is -2.49. The molecule has 0 aromatic rings. The normalized spacial score (nSPS) is 51.6. The Bertz CT molecular complexity index is 261. The van der Waals surface area contributed by atoms with E-state index < -0.39 is 11.0 Å². The minimum absolute atomic E-state index is 0.0976. The first-order valence-electron chi connectivity index (χ1n) is 4.09. The molecule has 12 heavy (non-hydrogen) atoms. The molecule has 1 fully saturated rings. The maximum Gasteiger partial charge on any atom is 0.159 e. The fourth-order valence-electron chi connectivity index (χ4n) is 1.74. The predicted molar refractivity (Wildman–Crippen MR) is 46.2 cm³/mol. The van der Waals surface area contributed by atoms with Gasteiger partial charge < -0.3 is 4.74 Å². The zero-order valence-electron chi connectivity index (χ0n) is 7.08. The highest BCUT2D eigenvalue weighted by atomic mass is 35.5. The van der Waals surface area contributed by atoms with Gasteiger partial charge in [0.2, 0.25) is 0 Å². The first-order chi connectivity index (χ1) is 5.54. The van der Waals surface area contributed by atoms with Crippen molar-refractivity contribution in [2.45, 2.75) is 30.9 Å². The van der Waals surface area contributed by atoms with Crippen molar-refractivity contribution >= 4 is 17.4 Å². The van der Waals surface area contributed by atoms with Crippen LogP contribution in [0.3, 0.4) is 0 Å². The third-order valence-electron chi connectivity index (χ3n) is 2.85. The fourth-order valence-corrected chi connectivity index (χ4v) is 2.07. The Morgan fingerprint density at radius 2 is 2.33 bits per heavy atom. The highest BCUT2D eigenvalue weighted by Gasteiger charge is 2.50. The number of hydrogen-bond acceptors (Lipinski definition) is 2. The maximum atomic E-state index is 11.5. The Morgan fingerprint density at radius 1 is 1.67 bits per heavy atom. The van der Waals surface area contributed by atoms with Crippen molar-refractivity contribution < 1.29 is 9.53 Å². The van der Waals surface area contributed by atoms with E-state index in [1.165, 1.54) is 0 Å². The molecule has 2 nitrogen and oxygen atoms in total. The molecule has 1 saturated heterocycles. The van der Waals surface area contributed by atoms with Crippen molar-refractivity contribution in [2.24, 2.45) is 5.92 Å². The van der Waals surface area contributed by atoms with Gasteiger partial charge >= 0.3 is 0 Å². The summed E-state index contributed by atoms with van der Waals surface area (Å²) in [6.07, 6.45) is 3.63. The zero-order chi connectivity index (χ0) is 8.93. The summed E-state index contributed by atoms with van der Waals surface area (Å²) < 4.78 is 5.62. The predicted octanol–water partition coefficient (Wildman–Crippen LogP) is 1.53. The Hall–Kier alpha value is -0.340. The number of Topliss-reactive ketones (excluding diaryl/α,β-unsaturated/α-hetero) is 1. The van der Waals surface area contributed by atoms with Crippen LogP contribution in [-0.2, 0) is 9.53 Å². The Balaban J connectivity index is 2.38. The minimum atomic E-state index is -0.494. The molecule has 2 bridgehead atoms. The molecule has 0 radical (unpaired) electrons. The van der Waals surface area contributed by atoms with E-state index in [0.29, 0.717) is 0 Å².